The number of hydrogen-bond acceptors (Lipinski definition) is 6. The molecule has 6 heteroatoms. The van der Waals surface area contributed by atoms with Crippen molar-refractivity contribution in [3.05, 3.63) is 52.6 Å². The van der Waals surface area contributed by atoms with Gasteiger partial charge in [-0.25, -0.2) is 4.79 Å². The number of allylic oxidation sites excluding steroid dienone is 3. The lowest BCUT2D eigenvalue weighted by atomic mass is 9.92. The maximum absolute atomic E-state index is 11.9. The third kappa shape index (κ3) is 7.75. The Balaban J connectivity index is 2.22. The van der Waals surface area contributed by atoms with Crippen LogP contribution < -0.4 is 9.47 Å². The minimum absolute atomic E-state index is 0.160. The molecule has 1 heterocycles. The summed E-state index contributed by atoms with van der Waals surface area (Å²) in [7, 11) is 2.90. The van der Waals surface area contributed by atoms with Gasteiger partial charge in [-0.3, -0.25) is 0 Å². The van der Waals surface area contributed by atoms with E-state index in [1.54, 1.807) is 7.11 Å². The van der Waals surface area contributed by atoms with Crippen molar-refractivity contribution in [1.29, 1.82) is 0 Å². The van der Waals surface area contributed by atoms with Crippen molar-refractivity contribution >= 4 is 12.2 Å². The van der Waals surface area contributed by atoms with E-state index >= 15 is 0 Å². The highest BCUT2D eigenvalue weighted by Gasteiger charge is 2.33. The Morgan fingerprint density at radius 2 is 1.97 bits per heavy atom. The molecule has 0 bridgehead atoms. The number of rotatable bonds is 10. The Labute approximate surface area is 191 Å². The van der Waals surface area contributed by atoms with E-state index in [2.05, 4.69) is 19.9 Å². The average molecular weight is 445 g/mol. The molecular weight excluding hydrogens is 408 g/mol. The van der Waals surface area contributed by atoms with Crippen LogP contribution in [0.1, 0.15) is 58.1 Å². The van der Waals surface area contributed by atoms with Crippen molar-refractivity contribution < 1.29 is 28.5 Å². The summed E-state index contributed by atoms with van der Waals surface area (Å²) in [6.07, 6.45) is 9.23. The molecule has 1 unspecified atom stereocenters. The number of fused-ring (bicyclic) bond motifs is 1. The Hall–Kier alpha value is -2.73. The van der Waals surface area contributed by atoms with Crippen LogP contribution in [0.2, 0.25) is 0 Å². The van der Waals surface area contributed by atoms with Gasteiger partial charge in [0.1, 0.15) is 23.2 Å². The van der Waals surface area contributed by atoms with E-state index in [0.29, 0.717) is 12.2 Å². The molecule has 1 aliphatic rings. The average Bonchev–Trinajstić information content (AvgIpc) is 2.70. The molecule has 1 aromatic carbocycles. The highest BCUT2D eigenvalue weighted by Crippen LogP contribution is 2.40. The van der Waals surface area contributed by atoms with Crippen LogP contribution >= 0.6 is 0 Å². The summed E-state index contributed by atoms with van der Waals surface area (Å²) in [6.45, 7) is 10.3. The topological polar surface area (TPSA) is 63.2 Å². The Bertz CT molecular complexity index is 879. The molecule has 0 aliphatic carbocycles. The maximum Gasteiger partial charge on any atom is 0.508 e. The molecule has 0 saturated heterocycles. The Kier molecular flexibility index (Phi) is 9.39. The smallest absolute Gasteiger partial charge is 0.483 e. The van der Waals surface area contributed by atoms with Gasteiger partial charge in [-0.1, -0.05) is 17.2 Å². The summed E-state index contributed by atoms with van der Waals surface area (Å²) in [5, 5.41) is 0. The number of carbonyl (C=O) groups excluding carboxylic acids is 1. The molecule has 32 heavy (non-hydrogen) atoms. The predicted molar refractivity (Wildman–Crippen MR) is 126 cm³/mol. The highest BCUT2D eigenvalue weighted by atomic mass is 16.7. The fourth-order valence-electron chi connectivity index (χ4n) is 3.57. The quantitative estimate of drug-likeness (QED) is 0.237. The first-order valence-corrected chi connectivity index (χ1v) is 10.9. The third-order valence-corrected chi connectivity index (χ3v) is 5.11. The zero-order valence-corrected chi connectivity index (χ0v) is 20.3. The van der Waals surface area contributed by atoms with Crippen molar-refractivity contribution in [1.82, 2.24) is 0 Å². The van der Waals surface area contributed by atoms with Gasteiger partial charge < -0.3 is 23.7 Å². The van der Waals surface area contributed by atoms with Gasteiger partial charge in [-0.15, -0.1) is 0 Å². The molecule has 176 valence electrons. The van der Waals surface area contributed by atoms with Gasteiger partial charge in [0.25, 0.3) is 0 Å². The summed E-state index contributed by atoms with van der Waals surface area (Å²) >= 11 is 0. The van der Waals surface area contributed by atoms with E-state index in [9.17, 15) is 4.79 Å². The van der Waals surface area contributed by atoms with Crippen LogP contribution in [0.5, 0.6) is 11.5 Å². The van der Waals surface area contributed by atoms with E-state index in [-0.39, 0.29) is 6.79 Å². The first-order valence-electron chi connectivity index (χ1n) is 10.9. The van der Waals surface area contributed by atoms with E-state index in [0.717, 1.165) is 35.3 Å². The van der Waals surface area contributed by atoms with E-state index in [4.69, 9.17) is 23.7 Å². The maximum atomic E-state index is 11.9. The number of aryl methyl sites for hydroxylation is 1. The molecule has 0 amide bonds. The second-order valence-corrected chi connectivity index (χ2v) is 8.62. The fraction of sp³-hybridized carbons (Fsp3) is 0.500. The molecule has 0 fully saturated rings. The van der Waals surface area contributed by atoms with Gasteiger partial charge >= 0.3 is 6.16 Å². The van der Waals surface area contributed by atoms with Crippen LogP contribution in [0, 0.1) is 6.92 Å². The van der Waals surface area contributed by atoms with Crippen LogP contribution in [0.25, 0.3) is 6.08 Å². The van der Waals surface area contributed by atoms with E-state index < -0.39 is 17.9 Å². The van der Waals surface area contributed by atoms with Crippen LogP contribution in [0.4, 0.5) is 4.79 Å². The van der Waals surface area contributed by atoms with E-state index in [1.165, 1.54) is 12.7 Å². The van der Waals surface area contributed by atoms with Gasteiger partial charge in [-0.2, -0.15) is 0 Å². The zero-order chi connectivity index (χ0) is 23.7. The first-order chi connectivity index (χ1) is 15.2. The minimum atomic E-state index is -0.710. The van der Waals surface area contributed by atoms with Crippen LogP contribution in [0.15, 0.2) is 41.5 Å². The standard InChI is InChI=1S/C26H36O6/c1-18(2)9-8-10-19(3)13-21(31-25(27)29-7)16-26(5)12-11-22-23(30-17-28-6)14-20(4)15-24(22)32-26/h9,11-15,21H,8,10,16-17H2,1-7H3/b19-13+/t21?,26-/m1/s1. The van der Waals surface area contributed by atoms with Gasteiger partial charge in [0, 0.05) is 13.5 Å². The van der Waals surface area contributed by atoms with Gasteiger partial charge in [0.05, 0.1) is 12.7 Å². The molecule has 0 spiro atoms. The van der Waals surface area contributed by atoms with Crippen molar-refractivity contribution in [3.8, 4) is 11.5 Å². The molecule has 0 radical (unpaired) electrons. The van der Waals surface area contributed by atoms with Crippen LogP contribution in [-0.4, -0.2) is 38.9 Å². The Morgan fingerprint density at radius 3 is 2.62 bits per heavy atom. The van der Waals surface area contributed by atoms with Crippen LogP contribution in [-0.2, 0) is 14.2 Å². The molecule has 1 aliphatic heterocycles. The minimum Gasteiger partial charge on any atom is -0.483 e. The summed E-state index contributed by atoms with van der Waals surface area (Å²) in [6, 6.07) is 3.93. The highest BCUT2D eigenvalue weighted by molar-refractivity contribution is 5.68. The number of hydrogen-bond donors (Lipinski definition) is 0. The molecule has 0 N–H and O–H groups in total. The van der Waals surface area contributed by atoms with E-state index in [1.807, 2.05) is 51.1 Å². The molecule has 0 saturated carbocycles. The van der Waals surface area contributed by atoms with Gasteiger partial charge in [-0.05, 0) is 83.4 Å². The van der Waals surface area contributed by atoms with Crippen LogP contribution in [0.3, 0.4) is 0 Å². The lowest BCUT2D eigenvalue weighted by Crippen LogP contribution is -2.37. The largest absolute Gasteiger partial charge is 0.508 e. The number of carbonyl (C=O) groups is 1. The molecule has 0 aromatic heterocycles. The molecule has 2 rings (SSSR count). The lowest BCUT2D eigenvalue weighted by Gasteiger charge is -2.34. The third-order valence-electron chi connectivity index (χ3n) is 5.11. The molecule has 2 atom stereocenters. The summed E-state index contributed by atoms with van der Waals surface area (Å²) < 4.78 is 27.4. The summed E-state index contributed by atoms with van der Waals surface area (Å²) in [5.41, 5.74) is 3.64. The summed E-state index contributed by atoms with van der Waals surface area (Å²) in [5.74, 6) is 1.43. The van der Waals surface area contributed by atoms with Gasteiger partial charge in [0.2, 0.25) is 0 Å². The molecule has 1 aromatic rings. The predicted octanol–water partition coefficient (Wildman–Crippen LogP) is 6.38. The molecule has 6 nitrogen and oxygen atoms in total. The van der Waals surface area contributed by atoms with Crippen molar-refractivity contribution in [3.63, 3.8) is 0 Å². The van der Waals surface area contributed by atoms with Crippen molar-refractivity contribution in [2.75, 3.05) is 21.0 Å². The normalized spacial score (nSPS) is 18.3. The first kappa shape index (κ1) is 25.5. The Morgan fingerprint density at radius 1 is 1.22 bits per heavy atom. The second kappa shape index (κ2) is 11.8. The zero-order valence-electron chi connectivity index (χ0n) is 20.3. The van der Waals surface area contributed by atoms with Gasteiger partial charge in [0.15, 0.2) is 6.79 Å². The number of benzene rings is 1. The lowest BCUT2D eigenvalue weighted by molar-refractivity contribution is 0.0220. The monoisotopic (exact) mass is 444 g/mol. The summed E-state index contributed by atoms with van der Waals surface area (Å²) in [4.78, 5) is 11.9. The molecular formula is C26H36O6. The second-order valence-electron chi connectivity index (χ2n) is 8.62. The number of methoxy groups -OCH3 is 2. The SMILES string of the molecule is COCOc1cc(C)cc2c1C=C[C@](C)(CC(/C=C(\C)CCC=C(C)C)OC(=O)OC)O2. The van der Waals surface area contributed by atoms with Crippen molar-refractivity contribution in [2.24, 2.45) is 0 Å². The number of ether oxygens (including phenoxy) is 5. The fourth-order valence-corrected chi connectivity index (χ4v) is 3.57. The van der Waals surface area contributed by atoms with Crippen molar-refractivity contribution in [2.45, 2.75) is 65.6 Å².